The lowest BCUT2D eigenvalue weighted by atomic mass is 9.96. The van der Waals surface area contributed by atoms with Crippen LogP contribution in [0.15, 0.2) is 12.2 Å². The zero-order chi connectivity index (χ0) is 10.8. The van der Waals surface area contributed by atoms with Crippen molar-refractivity contribution in [2.75, 3.05) is 0 Å². The number of allylic oxidation sites excluding steroid dienone is 2. The maximum atomic E-state index is 2.40. The SMILES string of the molecule is CCCCC=CC(C)CCC(C)CC. The Bertz CT molecular complexity index is 135. The molecule has 0 saturated heterocycles. The zero-order valence-corrected chi connectivity index (χ0v) is 10.6. The van der Waals surface area contributed by atoms with Crippen LogP contribution in [0.3, 0.4) is 0 Å². The van der Waals surface area contributed by atoms with Crippen molar-refractivity contribution < 1.29 is 0 Å². The molecule has 0 N–H and O–H groups in total. The van der Waals surface area contributed by atoms with Crippen LogP contribution in [0.2, 0.25) is 0 Å². The minimum atomic E-state index is 0.779. The van der Waals surface area contributed by atoms with Gasteiger partial charge in [-0.25, -0.2) is 0 Å². The fourth-order valence-corrected chi connectivity index (χ4v) is 1.50. The number of hydrogen-bond donors (Lipinski definition) is 0. The van der Waals surface area contributed by atoms with Gasteiger partial charge in [-0.2, -0.15) is 0 Å². The second kappa shape index (κ2) is 9.30. The highest BCUT2D eigenvalue weighted by molar-refractivity contribution is 4.86. The van der Waals surface area contributed by atoms with E-state index in [1.54, 1.807) is 0 Å². The van der Waals surface area contributed by atoms with Gasteiger partial charge in [-0.15, -0.1) is 0 Å². The van der Waals surface area contributed by atoms with Crippen molar-refractivity contribution in [3.63, 3.8) is 0 Å². The summed E-state index contributed by atoms with van der Waals surface area (Å²) in [5.74, 6) is 1.68. The Morgan fingerprint density at radius 2 is 1.79 bits per heavy atom. The molecule has 14 heavy (non-hydrogen) atoms. The van der Waals surface area contributed by atoms with Gasteiger partial charge in [0.15, 0.2) is 0 Å². The summed E-state index contributed by atoms with van der Waals surface area (Å²) in [5, 5.41) is 0. The van der Waals surface area contributed by atoms with Gasteiger partial charge in [0.1, 0.15) is 0 Å². The Balaban J connectivity index is 3.44. The van der Waals surface area contributed by atoms with E-state index in [0.717, 1.165) is 11.8 Å². The van der Waals surface area contributed by atoms with Crippen LogP contribution in [0, 0.1) is 11.8 Å². The third-order valence-corrected chi connectivity index (χ3v) is 3.00. The standard InChI is InChI=1S/C14H28/c1-5-7-8-9-10-14(4)12-11-13(3)6-2/h9-10,13-14H,5-8,11-12H2,1-4H3. The molecule has 0 amide bonds. The molecule has 0 rings (SSSR count). The third kappa shape index (κ3) is 8.34. The van der Waals surface area contributed by atoms with Crippen molar-refractivity contribution in [1.29, 1.82) is 0 Å². The third-order valence-electron chi connectivity index (χ3n) is 3.00. The summed E-state index contributed by atoms with van der Waals surface area (Å²) >= 11 is 0. The molecule has 0 aromatic rings. The van der Waals surface area contributed by atoms with Crippen molar-refractivity contribution >= 4 is 0 Å². The van der Waals surface area contributed by atoms with Gasteiger partial charge < -0.3 is 0 Å². The molecule has 0 bridgehead atoms. The highest BCUT2D eigenvalue weighted by atomic mass is 14.1. The maximum Gasteiger partial charge on any atom is -0.0262 e. The van der Waals surface area contributed by atoms with Crippen LogP contribution in [0.25, 0.3) is 0 Å². The first kappa shape index (κ1) is 13.7. The van der Waals surface area contributed by atoms with Crippen LogP contribution >= 0.6 is 0 Å². The van der Waals surface area contributed by atoms with Crippen LogP contribution in [0.4, 0.5) is 0 Å². The average Bonchev–Trinajstić information content (AvgIpc) is 2.21. The van der Waals surface area contributed by atoms with Gasteiger partial charge in [-0.05, 0) is 24.7 Å². The smallest absolute Gasteiger partial charge is 0.0262 e. The van der Waals surface area contributed by atoms with Gasteiger partial charge in [0.25, 0.3) is 0 Å². The molecule has 2 unspecified atom stereocenters. The van der Waals surface area contributed by atoms with Crippen LogP contribution < -0.4 is 0 Å². The maximum absolute atomic E-state index is 2.40. The lowest BCUT2D eigenvalue weighted by Gasteiger charge is -2.10. The van der Waals surface area contributed by atoms with Gasteiger partial charge in [0.05, 0.1) is 0 Å². The normalized spacial score (nSPS) is 16.0. The van der Waals surface area contributed by atoms with E-state index in [-0.39, 0.29) is 0 Å². The summed E-state index contributed by atoms with van der Waals surface area (Å²) < 4.78 is 0. The van der Waals surface area contributed by atoms with Crippen molar-refractivity contribution in [1.82, 2.24) is 0 Å². The molecule has 0 aliphatic rings. The summed E-state index contributed by atoms with van der Waals surface area (Å²) in [5.41, 5.74) is 0. The Kier molecular flexibility index (Phi) is 9.13. The van der Waals surface area contributed by atoms with E-state index in [1.165, 1.54) is 38.5 Å². The van der Waals surface area contributed by atoms with E-state index >= 15 is 0 Å². The molecule has 0 aliphatic heterocycles. The fraction of sp³-hybridized carbons (Fsp3) is 0.857. The van der Waals surface area contributed by atoms with Crippen LogP contribution in [0.5, 0.6) is 0 Å². The molecule has 0 nitrogen and oxygen atoms in total. The molecule has 0 saturated carbocycles. The van der Waals surface area contributed by atoms with E-state index in [2.05, 4.69) is 39.8 Å². The molecule has 0 fully saturated rings. The lowest BCUT2D eigenvalue weighted by molar-refractivity contribution is 0.459. The van der Waals surface area contributed by atoms with E-state index in [4.69, 9.17) is 0 Å². The van der Waals surface area contributed by atoms with Crippen LogP contribution in [-0.2, 0) is 0 Å². The Hall–Kier alpha value is -0.260. The Labute approximate surface area is 90.8 Å². The first-order valence-corrected chi connectivity index (χ1v) is 6.37. The highest BCUT2D eigenvalue weighted by Crippen LogP contribution is 2.15. The lowest BCUT2D eigenvalue weighted by Crippen LogP contribution is -1.96. The average molecular weight is 196 g/mol. The zero-order valence-electron chi connectivity index (χ0n) is 10.6. The van der Waals surface area contributed by atoms with E-state index < -0.39 is 0 Å². The van der Waals surface area contributed by atoms with E-state index in [0.29, 0.717) is 0 Å². The van der Waals surface area contributed by atoms with Crippen molar-refractivity contribution in [3.05, 3.63) is 12.2 Å². The molecule has 0 radical (unpaired) electrons. The summed E-state index contributed by atoms with van der Waals surface area (Å²) in [4.78, 5) is 0. The molecule has 0 aliphatic carbocycles. The number of rotatable bonds is 8. The van der Waals surface area contributed by atoms with Crippen LogP contribution in [-0.4, -0.2) is 0 Å². The summed E-state index contributed by atoms with van der Waals surface area (Å²) in [7, 11) is 0. The van der Waals surface area contributed by atoms with Crippen molar-refractivity contribution in [2.45, 2.75) is 66.2 Å². The van der Waals surface area contributed by atoms with Crippen molar-refractivity contribution in [3.8, 4) is 0 Å². The summed E-state index contributed by atoms with van der Waals surface area (Å²) in [6, 6.07) is 0. The highest BCUT2D eigenvalue weighted by Gasteiger charge is 2.01. The molecule has 0 heterocycles. The first-order chi connectivity index (χ1) is 6.70. The molecule has 0 aromatic heterocycles. The Morgan fingerprint density at radius 3 is 2.36 bits per heavy atom. The van der Waals surface area contributed by atoms with Crippen LogP contribution in [0.1, 0.15) is 66.2 Å². The van der Waals surface area contributed by atoms with Gasteiger partial charge in [0, 0.05) is 0 Å². The number of unbranched alkanes of at least 4 members (excludes halogenated alkanes) is 2. The molecule has 2 atom stereocenters. The van der Waals surface area contributed by atoms with E-state index in [9.17, 15) is 0 Å². The molecular formula is C14H28. The predicted octanol–water partition coefficient (Wildman–Crippen LogP) is 5.20. The fourth-order valence-electron chi connectivity index (χ4n) is 1.50. The first-order valence-electron chi connectivity index (χ1n) is 6.37. The quantitative estimate of drug-likeness (QED) is 0.370. The molecule has 84 valence electrons. The molecule has 0 aromatic carbocycles. The van der Waals surface area contributed by atoms with Gasteiger partial charge in [-0.1, -0.05) is 65.5 Å². The van der Waals surface area contributed by atoms with Gasteiger partial charge >= 0.3 is 0 Å². The van der Waals surface area contributed by atoms with E-state index in [1.807, 2.05) is 0 Å². The second-order valence-electron chi connectivity index (χ2n) is 4.64. The largest absolute Gasteiger partial charge is 0.0883 e. The topological polar surface area (TPSA) is 0 Å². The predicted molar refractivity (Wildman–Crippen MR) is 66.5 cm³/mol. The molecule has 0 spiro atoms. The minimum Gasteiger partial charge on any atom is -0.0883 e. The molecular weight excluding hydrogens is 168 g/mol. The minimum absolute atomic E-state index is 0.779. The van der Waals surface area contributed by atoms with Crippen molar-refractivity contribution in [2.24, 2.45) is 11.8 Å². The number of hydrogen-bond acceptors (Lipinski definition) is 0. The summed E-state index contributed by atoms with van der Waals surface area (Å²) in [6.45, 7) is 9.23. The summed E-state index contributed by atoms with van der Waals surface area (Å²) in [6.07, 6.45) is 12.8. The second-order valence-corrected chi connectivity index (χ2v) is 4.64. The Morgan fingerprint density at radius 1 is 1.07 bits per heavy atom. The monoisotopic (exact) mass is 196 g/mol. The molecule has 0 heteroatoms. The van der Waals surface area contributed by atoms with Gasteiger partial charge in [0.2, 0.25) is 0 Å². The van der Waals surface area contributed by atoms with Gasteiger partial charge in [-0.3, -0.25) is 0 Å².